The van der Waals surface area contributed by atoms with Crippen LogP contribution in [0.3, 0.4) is 0 Å². The van der Waals surface area contributed by atoms with Crippen LogP contribution in [-0.2, 0) is 7.05 Å². The number of aryl methyl sites for hydroxylation is 1. The topological polar surface area (TPSA) is 47.3 Å². The van der Waals surface area contributed by atoms with Gasteiger partial charge in [-0.2, -0.15) is 18.3 Å². The molecule has 1 aliphatic carbocycles. The van der Waals surface area contributed by atoms with Gasteiger partial charge in [0.05, 0.1) is 11.8 Å². The van der Waals surface area contributed by atoms with Crippen LogP contribution in [0.2, 0.25) is 0 Å². The van der Waals surface area contributed by atoms with Gasteiger partial charge < -0.3 is 9.84 Å². The van der Waals surface area contributed by atoms with Crippen molar-refractivity contribution in [3.8, 4) is 28.0 Å². The number of aromatic nitrogens is 2. The van der Waals surface area contributed by atoms with Crippen LogP contribution >= 0.6 is 0 Å². The van der Waals surface area contributed by atoms with E-state index in [1.54, 1.807) is 62.2 Å². The van der Waals surface area contributed by atoms with Crippen molar-refractivity contribution in [1.82, 2.24) is 9.78 Å². The lowest BCUT2D eigenvalue weighted by atomic mass is 9.93. The van der Waals surface area contributed by atoms with Gasteiger partial charge in [0.25, 0.3) is 0 Å². The van der Waals surface area contributed by atoms with Gasteiger partial charge in [-0.05, 0) is 53.8 Å². The molecule has 2 aromatic carbocycles. The third-order valence-corrected chi connectivity index (χ3v) is 4.93. The van der Waals surface area contributed by atoms with Gasteiger partial charge in [0.1, 0.15) is 18.3 Å². The summed E-state index contributed by atoms with van der Waals surface area (Å²) in [7, 11) is 1.75. The Morgan fingerprint density at radius 2 is 1.83 bits per heavy atom. The Hall–Kier alpha value is -2.80. The molecule has 0 saturated heterocycles. The van der Waals surface area contributed by atoms with E-state index in [0.29, 0.717) is 22.3 Å². The molecule has 0 bridgehead atoms. The van der Waals surface area contributed by atoms with E-state index in [1.807, 2.05) is 0 Å². The number of halogens is 3. The second-order valence-corrected chi connectivity index (χ2v) is 8.00. The van der Waals surface area contributed by atoms with Crippen LogP contribution in [0.25, 0.3) is 22.3 Å². The molecule has 0 saturated carbocycles. The third-order valence-electron chi connectivity index (χ3n) is 4.93. The second-order valence-electron chi connectivity index (χ2n) is 8.00. The lowest BCUT2D eigenvalue weighted by Gasteiger charge is -2.21. The molecule has 0 aliphatic heterocycles. The molecule has 152 valence electrons. The van der Waals surface area contributed by atoms with Crippen molar-refractivity contribution < 1.29 is 23.0 Å². The molecule has 1 atom stereocenters. The van der Waals surface area contributed by atoms with Crippen LogP contribution in [0.1, 0.15) is 30.9 Å². The molecule has 0 amide bonds. The standard InChI is InChI=1S/C22H21F3N2O2/c1-21(2,28)12-29-14-8-17(13-10-26-27(3)11-13)19-15-6-4-5-7-16(15)20(18(19)9-14)22(23,24)25/h4-11,20,28H,12H2,1-3H3/t20-/m1/s1. The molecule has 0 fully saturated rings. The summed E-state index contributed by atoms with van der Waals surface area (Å²) in [5, 5.41) is 14.1. The van der Waals surface area contributed by atoms with Crippen LogP contribution in [-0.4, -0.2) is 33.3 Å². The summed E-state index contributed by atoms with van der Waals surface area (Å²) in [6.45, 7) is 3.12. The first-order chi connectivity index (χ1) is 13.5. The van der Waals surface area contributed by atoms with Crippen molar-refractivity contribution >= 4 is 0 Å². The number of nitrogens with zero attached hydrogens (tertiary/aromatic N) is 2. The molecule has 1 aliphatic rings. The first kappa shape index (κ1) is 19.5. The van der Waals surface area contributed by atoms with E-state index in [4.69, 9.17) is 4.74 Å². The predicted octanol–water partition coefficient (Wildman–Crippen LogP) is 4.91. The van der Waals surface area contributed by atoms with Crippen molar-refractivity contribution in [1.29, 1.82) is 0 Å². The van der Waals surface area contributed by atoms with Crippen molar-refractivity contribution in [3.05, 3.63) is 59.9 Å². The number of hydrogen-bond acceptors (Lipinski definition) is 3. The Balaban J connectivity index is 1.96. The zero-order valence-electron chi connectivity index (χ0n) is 16.3. The quantitative estimate of drug-likeness (QED) is 0.675. The smallest absolute Gasteiger partial charge is 0.399 e. The summed E-state index contributed by atoms with van der Waals surface area (Å²) in [6, 6.07) is 9.78. The average Bonchev–Trinajstić information content (AvgIpc) is 3.19. The van der Waals surface area contributed by atoms with E-state index >= 15 is 0 Å². The van der Waals surface area contributed by atoms with Gasteiger partial charge in [0, 0.05) is 18.8 Å². The van der Waals surface area contributed by atoms with Gasteiger partial charge in [-0.15, -0.1) is 0 Å². The first-order valence-electron chi connectivity index (χ1n) is 9.23. The van der Waals surface area contributed by atoms with Crippen molar-refractivity contribution in [2.24, 2.45) is 7.05 Å². The minimum atomic E-state index is -4.44. The molecule has 0 unspecified atom stereocenters. The maximum atomic E-state index is 14.1. The highest BCUT2D eigenvalue weighted by atomic mass is 19.4. The minimum absolute atomic E-state index is 0.0398. The molecule has 29 heavy (non-hydrogen) atoms. The molecule has 4 nitrogen and oxygen atoms in total. The van der Waals surface area contributed by atoms with Gasteiger partial charge in [-0.25, -0.2) is 0 Å². The zero-order chi connectivity index (χ0) is 21.0. The van der Waals surface area contributed by atoms with Crippen molar-refractivity contribution in [2.75, 3.05) is 6.61 Å². The summed E-state index contributed by atoms with van der Waals surface area (Å²) in [6.07, 6.45) is -1.06. The maximum Gasteiger partial charge on any atom is 0.399 e. The Morgan fingerprint density at radius 3 is 2.45 bits per heavy atom. The third kappa shape index (κ3) is 3.62. The normalized spacial score (nSPS) is 15.9. The molecule has 7 heteroatoms. The average molecular weight is 402 g/mol. The number of aliphatic hydroxyl groups is 1. The SMILES string of the molecule is Cn1cc(-c2cc(OCC(C)(C)O)cc3c2-c2ccccc2[C@H]3C(F)(F)F)cn1. The maximum absolute atomic E-state index is 14.1. The largest absolute Gasteiger partial charge is 0.491 e. The van der Waals surface area contributed by atoms with E-state index in [0.717, 1.165) is 0 Å². The van der Waals surface area contributed by atoms with Gasteiger partial charge in [-0.3, -0.25) is 4.68 Å². The number of ether oxygens (including phenoxy) is 1. The molecule has 1 aromatic heterocycles. The molecule has 4 rings (SSSR count). The molecular weight excluding hydrogens is 381 g/mol. The summed E-state index contributed by atoms with van der Waals surface area (Å²) in [4.78, 5) is 0. The molecule has 1 heterocycles. The zero-order valence-corrected chi connectivity index (χ0v) is 16.3. The second kappa shape index (κ2) is 6.62. The fraction of sp³-hybridized carbons (Fsp3) is 0.318. The molecule has 1 N–H and O–H groups in total. The van der Waals surface area contributed by atoms with E-state index in [9.17, 15) is 18.3 Å². The molecule has 3 aromatic rings. The number of hydrogen-bond donors (Lipinski definition) is 1. The Morgan fingerprint density at radius 1 is 1.10 bits per heavy atom. The predicted molar refractivity (Wildman–Crippen MR) is 104 cm³/mol. The summed E-state index contributed by atoms with van der Waals surface area (Å²) in [5.41, 5.74) is 1.73. The van der Waals surface area contributed by atoms with Gasteiger partial charge in [-0.1, -0.05) is 24.3 Å². The van der Waals surface area contributed by atoms with Crippen LogP contribution in [0.5, 0.6) is 5.75 Å². The summed E-state index contributed by atoms with van der Waals surface area (Å²) >= 11 is 0. The Bertz CT molecular complexity index is 1060. The van der Waals surface area contributed by atoms with Crippen LogP contribution < -0.4 is 4.74 Å². The van der Waals surface area contributed by atoms with E-state index in [-0.39, 0.29) is 23.5 Å². The minimum Gasteiger partial charge on any atom is -0.491 e. The first-order valence-corrected chi connectivity index (χ1v) is 9.23. The van der Waals surface area contributed by atoms with Gasteiger partial charge >= 0.3 is 6.18 Å². The van der Waals surface area contributed by atoms with Crippen LogP contribution in [0, 0.1) is 0 Å². The lowest BCUT2D eigenvalue weighted by molar-refractivity contribution is -0.140. The Labute approximate surface area is 166 Å². The van der Waals surface area contributed by atoms with Crippen molar-refractivity contribution in [3.63, 3.8) is 0 Å². The lowest BCUT2D eigenvalue weighted by Crippen LogP contribution is -2.28. The highest BCUT2D eigenvalue weighted by Gasteiger charge is 2.48. The summed E-state index contributed by atoms with van der Waals surface area (Å²) < 4.78 is 49.5. The fourth-order valence-electron chi connectivity index (χ4n) is 3.79. The molecule has 0 spiro atoms. The number of alkyl halides is 3. The van der Waals surface area contributed by atoms with E-state index in [2.05, 4.69) is 5.10 Å². The summed E-state index contributed by atoms with van der Waals surface area (Å²) in [5.74, 6) is -1.44. The Kier molecular flexibility index (Phi) is 4.46. The fourth-order valence-corrected chi connectivity index (χ4v) is 3.79. The highest BCUT2D eigenvalue weighted by molar-refractivity contribution is 5.92. The van der Waals surface area contributed by atoms with Gasteiger partial charge in [0.2, 0.25) is 0 Å². The number of fused-ring (bicyclic) bond motifs is 3. The molecule has 0 radical (unpaired) electrons. The highest BCUT2D eigenvalue weighted by Crippen LogP contribution is 2.55. The molecular formula is C22H21F3N2O2. The number of rotatable bonds is 4. The van der Waals surface area contributed by atoms with Gasteiger partial charge in [0.15, 0.2) is 0 Å². The monoisotopic (exact) mass is 402 g/mol. The van der Waals surface area contributed by atoms with E-state index < -0.39 is 17.7 Å². The van der Waals surface area contributed by atoms with Crippen molar-refractivity contribution in [2.45, 2.75) is 31.5 Å². The van der Waals surface area contributed by atoms with Crippen LogP contribution in [0.4, 0.5) is 13.2 Å². The van der Waals surface area contributed by atoms with E-state index in [1.165, 1.54) is 12.1 Å². The number of benzene rings is 2. The van der Waals surface area contributed by atoms with Crippen LogP contribution in [0.15, 0.2) is 48.8 Å².